The van der Waals surface area contributed by atoms with Crippen molar-refractivity contribution in [2.75, 3.05) is 0 Å². The van der Waals surface area contributed by atoms with Crippen LogP contribution in [-0.4, -0.2) is 14.7 Å². The molecule has 0 saturated carbocycles. The third kappa shape index (κ3) is 95.7. The fraction of sp³-hybridized carbons (Fsp3) is 0.750. The van der Waals surface area contributed by atoms with E-state index in [1.54, 1.807) is 0 Å². The molecule has 0 aromatic heterocycles. The van der Waals surface area contributed by atoms with Gasteiger partial charge in [0.2, 0.25) is 0 Å². The molecule has 0 saturated heterocycles. The Morgan fingerprint density at radius 1 is 1.00 bits per heavy atom. The van der Waals surface area contributed by atoms with E-state index in [9.17, 15) is 0 Å². The monoisotopic (exact) mass is 135 g/mol. The minimum absolute atomic E-state index is 0. The van der Waals surface area contributed by atoms with Crippen LogP contribution in [0.1, 0.15) is 0 Å². The Bertz CT molecular complexity index is 8.36. The summed E-state index contributed by atoms with van der Waals surface area (Å²) in [6, 6.07) is 0. The molecule has 0 aliphatic carbocycles. The van der Waals surface area contributed by atoms with Crippen molar-refractivity contribution in [1.29, 1.82) is 0 Å². The first-order valence-electron chi connectivity index (χ1n) is 1.34. The third-order valence-electron chi connectivity index (χ3n) is 0. The Labute approximate surface area is 39.8 Å². The zero-order valence-corrected chi connectivity index (χ0v) is 6.32. The smallest absolute Gasteiger partial charge is 0.358 e. The summed E-state index contributed by atoms with van der Waals surface area (Å²) in [5.74, 6) is 0. The van der Waals surface area contributed by atoms with Crippen LogP contribution in [0.15, 0.2) is 0 Å². The first-order chi connectivity index (χ1) is 1.73. The molecule has 0 aliphatic heterocycles. The van der Waals surface area contributed by atoms with Crippen LogP contribution in [0.25, 0.3) is 0 Å². The Morgan fingerprint density at radius 2 is 1.00 bits per heavy atom. The van der Waals surface area contributed by atoms with Crippen LogP contribution < -0.4 is 0 Å². The fourth-order valence-electron chi connectivity index (χ4n) is 0. The molecule has 0 amide bonds. The molecule has 0 aromatic carbocycles. The average molecular weight is 135 g/mol. The minimum Gasteiger partial charge on any atom is -0.358 e. The fourth-order valence-corrected chi connectivity index (χ4v) is 0. The molecule has 0 nitrogen and oxygen atoms in total. The van der Waals surface area contributed by atoms with Gasteiger partial charge in [-0.2, -0.15) is 0 Å². The molecule has 1 radical (unpaired) electrons. The van der Waals surface area contributed by atoms with E-state index in [1.165, 1.54) is 0 Å². The number of hydrogen-bond acceptors (Lipinski definition) is 0. The van der Waals surface area contributed by atoms with Crippen molar-refractivity contribution in [1.82, 2.24) is 0 Å². The van der Waals surface area contributed by atoms with Gasteiger partial charge in [0.05, 0.1) is 0 Å². The standard InChI is InChI=1S/C3H9As.CH3/c1-4(2)3;/h1-3H3;1H3/q+1;-1. The van der Waals surface area contributed by atoms with Gasteiger partial charge in [-0.15, -0.1) is 0 Å². The molecule has 0 atom stereocenters. The second kappa shape index (κ2) is 4.56. The van der Waals surface area contributed by atoms with Crippen LogP contribution in [0.2, 0.25) is 17.1 Å². The molecule has 0 aromatic rings. The normalized spacial score (nSPS) is 7.20. The molecule has 0 spiro atoms. The molecule has 5 heavy (non-hydrogen) atoms. The van der Waals surface area contributed by atoms with Crippen molar-refractivity contribution in [2.45, 2.75) is 17.1 Å². The van der Waals surface area contributed by atoms with Crippen molar-refractivity contribution in [3.63, 3.8) is 0 Å². The number of hydrogen-bond donors (Lipinski definition) is 0. The van der Waals surface area contributed by atoms with E-state index in [4.69, 9.17) is 0 Å². The molecule has 0 fully saturated rings. The number of rotatable bonds is 0. The zero-order valence-electron chi connectivity index (χ0n) is 4.45. The largest absolute Gasteiger partial charge is 0.358 e. The van der Waals surface area contributed by atoms with Crippen molar-refractivity contribution in [2.24, 2.45) is 0 Å². The maximum atomic E-state index is 2.31. The van der Waals surface area contributed by atoms with Gasteiger partial charge < -0.3 is 7.43 Å². The van der Waals surface area contributed by atoms with Gasteiger partial charge in [0.25, 0.3) is 0 Å². The van der Waals surface area contributed by atoms with Crippen LogP contribution in [0, 0.1) is 7.43 Å². The summed E-state index contributed by atoms with van der Waals surface area (Å²) in [6.07, 6.45) is 0. The van der Waals surface area contributed by atoms with Crippen LogP contribution in [0.5, 0.6) is 0 Å². The van der Waals surface area contributed by atoms with E-state index >= 15 is 0 Å². The topological polar surface area (TPSA) is 0 Å². The van der Waals surface area contributed by atoms with Gasteiger partial charge in [0.1, 0.15) is 0 Å². The van der Waals surface area contributed by atoms with Crippen LogP contribution >= 0.6 is 0 Å². The SMILES string of the molecule is C[As+](C)C.[CH3-]. The van der Waals surface area contributed by atoms with Gasteiger partial charge in [-0.25, -0.2) is 0 Å². The predicted molar refractivity (Wildman–Crippen MR) is 29.8 cm³/mol. The van der Waals surface area contributed by atoms with Gasteiger partial charge in [-0.05, 0) is 0 Å². The summed E-state index contributed by atoms with van der Waals surface area (Å²) in [5.41, 5.74) is 6.94. The Morgan fingerprint density at radius 3 is 1.00 bits per heavy atom. The van der Waals surface area contributed by atoms with Crippen LogP contribution in [0.4, 0.5) is 0 Å². The van der Waals surface area contributed by atoms with E-state index in [-0.39, 0.29) is 22.1 Å². The van der Waals surface area contributed by atoms with Crippen molar-refractivity contribution in [3.8, 4) is 0 Å². The molecule has 0 rings (SSSR count). The minimum atomic E-state index is -0.188. The van der Waals surface area contributed by atoms with Crippen molar-refractivity contribution >= 4 is 14.7 Å². The maximum Gasteiger partial charge on any atom is -0.358 e. The quantitative estimate of drug-likeness (QED) is 0.351. The Hall–Kier alpha value is 0.558. The van der Waals surface area contributed by atoms with E-state index < -0.39 is 0 Å². The van der Waals surface area contributed by atoms with E-state index in [2.05, 4.69) is 17.1 Å². The van der Waals surface area contributed by atoms with Crippen LogP contribution in [-0.2, 0) is 0 Å². The molecule has 0 aliphatic rings. The summed E-state index contributed by atoms with van der Waals surface area (Å²) >= 11 is -0.188. The average Bonchev–Trinajstić information content (AvgIpc) is 0.811. The van der Waals surface area contributed by atoms with E-state index in [0.29, 0.717) is 0 Å². The van der Waals surface area contributed by atoms with Crippen LogP contribution in [0.3, 0.4) is 0 Å². The van der Waals surface area contributed by atoms with Gasteiger partial charge in [-0.3, -0.25) is 0 Å². The van der Waals surface area contributed by atoms with Gasteiger partial charge in [-0.1, -0.05) is 0 Å². The van der Waals surface area contributed by atoms with Gasteiger partial charge in [0, 0.05) is 0 Å². The zero-order chi connectivity index (χ0) is 3.58. The molecular weight excluding hydrogens is 123 g/mol. The van der Waals surface area contributed by atoms with Crippen molar-refractivity contribution in [3.05, 3.63) is 7.43 Å². The molecule has 0 bridgehead atoms. The summed E-state index contributed by atoms with van der Waals surface area (Å²) in [7, 11) is 0. The van der Waals surface area contributed by atoms with E-state index in [0.717, 1.165) is 0 Å². The van der Waals surface area contributed by atoms with Crippen molar-refractivity contribution < 1.29 is 0 Å². The predicted octanol–water partition coefficient (Wildman–Crippen LogP) is 1.82. The second-order valence-corrected chi connectivity index (χ2v) is 6.97. The molecular formula is C4H12As. The summed E-state index contributed by atoms with van der Waals surface area (Å²) in [4.78, 5) is 0. The molecule has 33 valence electrons. The first-order valence-corrected chi connectivity index (χ1v) is 6.97. The van der Waals surface area contributed by atoms with Gasteiger partial charge in [0.15, 0.2) is 0 Å². The summed E-state index contributed by atoms with van der Waals surface area (Å²) < 4.78 is 0. The maximum absolute atomic E-state index is 2.31. The molecule has 0 heterocycles. The Balaban J connectivity index is 0. The summed E-state index contributed by atoms with van der Waals surface area (Å²) in [6.45, 7) is 0. The van der Waals surface area contributed by atoms with Gasteiger partial charge >= 0.3 is 31.8 Å². The molecule has 0 N–H and O–H groups in total. The first kappa shape index (κ1) is 9.12. The molecule has 1 heteroatoms. The van der Waals surface area contributed by atoms with E-state index in [1.807, 2.05) is 0 Å². The second-order valence-electron chi connectivity index (χ2n) is 1.34. The summed E-state index contributed by atoms with van der Waals surface area (Å²) in [5, 5.41) is 0. The molecule has 0 unspecified atom stereocenters. The Kier molecular flexibility index (Phi) is 8.32. The third-order valence-corrected chi connectivity index (χ3v) is 0.